The van der Waals surface area contributed by atoms with Crippen LogP contribution in [0.15, 0.2) is 122 Å². The number of aliphatic hydroxyl groups is 21. The molecule has 0 aromatic carbocycles. The van der Waals surface area contributed by atoms with Gasteiger partial charge < -0.3 is 117 Å². The van der Waals surface area contributed by atoms with Crippen LogP contribution in [-0.4, -0.2) is 260 Å². The van der Waals surface area contributed by atoms with Gasteiger partial charge in [0.1, 0.15) is 61.0 Å². The van der Waals surface area contributed by atoms with E-state index in [0.717, 1.165) is 12.8 Å². The van der Waals surface area contributed by atoms with Crippen LogP contribution in [0.25, 0.3) is 0 Å². The fourth-order valence-electron chi connectivity index (χ4n) is 11.1. The number of unbranched alkanes of at least 4 members (excludes halogenated alkanes) is 4. The highest BCUT2D eigenvalue weighted by atomic mass is 16.6. The molecular weight excluding hydrogens is 1210 g/mol. The van der Waals surface area contributed by atoms with Crippen molar-refractivity contribution in [3.05, 3.63) is 122 Å². The van der Waals surface area contributed by atoms with Gasteiger partial charge in [-0.1, -0.05) is 142 Å². The molecule has 21 N–H and O–H groups in total. The number of ether oxygens (including phenoxy) is 2. The highest BCUT2D eigenvalue weighted by molar-refractivity contribution is 5.13. The predicted octanol–water partition coefficient (Wildman–Crippen LogP) is 1.53. The van der Waals surface area contributed by atoms with Crippen molar-refractivity contribution in [2.24, 2.45) is 5.92 Å². The predicted molar refractivity (Wildman–Crippen MR) is 352 cm³/mol. The summed E-state index contributed by atoms with van der Waals surface area (Å²) in [7, 11) is 0. The first kappa shape index (κ1) is 85.6. The summed E-state index contributed by atoms with van der Waals surface area (Å²) in [5.41, 5.74) is 0.480. The number of hydrogen-bond acceptors (Lipinski definition) is 23. The maximum atomic E-state index is 11.2. The van der Waals surface area contributed by atoms with Crippen LogP contribution in [0.4, 0.5) is 0 Å². The van der Waals surface area contributed by atoms with Crippen molar-refractivity contribution in [3.8, 4) is 0 Å². The van der Waals surface area contributed by atoms with E-state index in [1.54, 1.807) is 44.2 Å². The lowest BCUT2D eigenvalue weighted by Gasteiger charge is -2.42. The van der Waals surface area contributed by atoms with E-state index in [4.69, 9.17) is 14.6 Å². The van der Waals surface area contributed by atoms with Gasteiger partial charge in [-0.3, -0.25) is 0 Å². The van der Waals surface area contributed by atoms with Crippen molar-refractivity contribution in [1.29, 1.82) is 0 Å². The van der Waals surface area contributed by atoms with Gasteiger partial charge in [-0.05, 0) is 121 Å². The minimum atomic E-state index is -1.83. The fourth-order valence-corrected chi connectivity index (χ4v) is 11.1. The second-order valence-corrected chi connectivity index (χ2v) is 25.4. The van der Waals surface area contributed by atoms with Crippen LogP contribution in [0.3, 0.4) is 0 Å². The second-order valence-electron chi connectivity index (χ2n) is 25.4. The smallest absolute Gasteiger partial charge is 0.115 e. The molecule has 0 aliphatic carbocycles. The lowest BCUT2D eigenvalue weighted by molar-refractivity contribution is -0.234. The number of rotatable bonds is 49. The highest BCUT2D eigenvalue weighted by Crippen LogP contribution is 2.32. The third-order valence-corrected chi connectivity index (χ3v) is 17.1. The first-order chi connectivity index (χ1) is 44.1. The number of aliphatic hydroxyl groups excluding tert-OH is 21. The molecule has 2 aliphatic heterocycles. The molecule has 2 aliphatic rings. The zero-order valence-corrected chi connectivity index (χ0v) is 54.6. The van der Waals surface area contributed by atoms with E-state index >= 15 is 0 Å². The van der Waals surface area contributed by atoms with Gasteiger partial charge in [-0.2, -0.15) is 0 Å². The summed E-state index contributed by atoms with van der Waals surface area (Å²) in [6, 6.07) is 0. The van der Waals surface area contributed by atoms with Crippen LogP contribution in [0.5, 0.6) is 0 Å². The van der Waals surface area contributed by atoms with Gasteiger partial charge in [0.15, 0.2) is 0 Å². The van der Waals surface area contributed by atoms with Crippen LogP contribution < -0.4 is 0 Å². The van der Waals surface area contributed by atoms with Gasteiger partial charge >= 0.3 is 0 Å². The summed E-state index contributed by atoms with van der Waals surface area (Å²) in [5, 5.41) is 223. The Kier molecular flexibility index (Phi) is 44.4. The maximum Gasteiger partial charge on any atom is 0.115 e. The first-order valence-electron chi connectivity index (χ1n) is 33.3. The van der Waals surface area contributed by atoms with Crippen molar-refractivity contribution in [1.82, 2.24) is 0 Å². The highest BCUT2D eigenvalue weighted by Gasteiger charge is 2.47. The lowest BCUT2D eigenvalue weighted by atomic mass is 9.87. The Morgan fingerprint density at radius 1 is 0.495 bits per heavy atom. The SMILES string of the molecule is C=C/C=C/CC/C=C/C=C/C=C/CC/C=C/[C@H](O)[C@H](O)[C@@H]1O[C@@H]([C@H](O)[C@H](O)C(=C)CC[C@@H](O)[C@H]2C[C@@H](O)[C@@H](O)[C@H]([C@@H](O)[C@H](O)/C=C(\C)CC[C@H](O)C[C@H](O)[C@H](O)[C@@H](C)C[C@H](O)[C@@H](O)CCCCC[C@@H](O)CCC[C@@H](O)/C=C/C[C@@H](O)/C=C/C[C@@H](O)CO)O2)C[C@@H](O)[C@H]1O. The quantitative estimate of drug-likeness (QED) is 0.0233. The fraction of sp³-hybridized carbons (Fsp3) is 0.714. The van der Waals surface area contributed by atoms with Gasteiger partial charge in [0.25, 0.3) is 0 Å². The van der Waals surface area contributed by atoms with Gasteiger partial charge in [-0.15, -0.1) is 0 Å². The molecule has 0 saturated carbocycles. The largest absolute Gasteiger partial charge is 0.394 e. The molecular formula is C70H118O23. The molecule has 25 atom stereocenters. The van der Waals surface area contributed by atoms with Crippen molar-refractivity contribution in [3.63, 3.8) is 0 Å². The molecule has 2 fully saturated rings. The van der Waals surface area contributed by atoms with E-state index in [9.17, 15) is 102 Å². The topological polar surface area (TPSA) is 443 Å². The molecule has 2 heterocycles. The minimum absolute atomic E-state index is 0.00463. The Balaban J connectivity index is 1.77. The van der Waals surface area contributed by atoms with Crippen LogP contribution in [0.1, 0.15) is 155 Å². The number of hydrogen-bond donors (Lipinski definition) is 21. The monoisotopic (exact) mass is 1330 g/mol. The standard InChI is InChI=1S/C70H118O23/c1-5-6-7-8-9-10-11-12-13-14-15-16-17-20-33-54(79)64(87)69-67(90)59(84)42-61(93-69)68(91)63(86)45(3)35-37-53(78)60-41-58(83)66(89)70(92-60)65(88)56(81)38-44(2)34-36-50(75)40-57(82)62(85)46(4)39-55(80)52(77)32-21-18-19-25-47(72)26-22-27-48(73)28-23-29-49(74)30-24-31-51(76)43-71/h5-7,10-15,20,23-24,28,30,33,38,46-91H,1,3,8-9,16-19,21-22,25-27,29,31-32,34-37,39-43H2,2,4H3/b7-6+,11-10+,13-12+,15-14+,28-23+,30-24+,33-20+,44-38+/t46-,47+,48+,49+,50-,51+,52-,53+,54-,55-,56+,57-,58+,59+,60+,61+,62+,63+,64-,65-,66+,67+,68-,69-,70-/m0/s1. The molecule has 0 bridgehead atoms. The third-order valence-electron chi connectivity index (χ3n) is 17.1. The molecule has 23 nitrogen and oxygen atoms in total. The summed E-state index contributed by atoms with van der Waals surface area (Å²) in [4.78, 5) is 0. The maximum absolute atomic E-state index is 11.2. The van der Waals surface area contributed by atoms with E-state index in [1.807, 2.05) is 42.5 Å². The van der Waals surface area contributed by atoms with E-state index in [-0.39, 0.29) is 82.8 Å². The zero-order chi connectivity index (χ0) is 69.6. The Hall–Kier alpha value is -3.52. The summed E-state index contributed by atoms with van der Waals surface area (Å²) < 4.78 is 11.6. The summed E-state index contributed by atoms with van der Waals surface area (Å²) >= 11 is 0. The lowest BCUT2D eigenvalue weighted by Crippen LogP contribution is -2.59. The molecule has 2 saturated heterocycles. The Labute approximate surface area is 550 Å². The van der Waals surface area contributed by atoms with Gasteiger partial charge in [0.05, 0.1) is 92.1 Å². The van der Waals surface area contributed by atoms with E-state index in [1.165, 1.54) is 18.2 Å². The van der Waals surface area contributed by atoms with Crippen molar-refractivity contribution >= 4 is 0 Å². The molecule has 536 valence electrons. The zero-order valence-electron chi connectivity index (χ0n) is 54.6. The molecule has 0 unspecified atom stereocenters. The van der Waals surface area contributed by atoms with E-state index < -0.39 is 152 Å². The Morgan fingerprint density at radius 2 is 1.04 bits per heavy atom. The van der Waals surface area contributed by atoms with Crippen molar-refractivity contribution in [2.75, 3.05) is 6.61 Å². The van der Waals surface area contributed by atoms with Crippen LogP contribution >= 0.6 is 0 Å². The molecule has 0 aromatic rings. The van der Waals surface area contributed by atoms with Gasteiger partial charge in [0.2, 0.25) is 0 Å². The minimum Gasteiger partial charge on any atom is -0.394 e. The van der Waals surface area contributed by atoms with E-state index in [2.05, 4.69) is 19.2 Å². The van der Waals surface area contributed by atoms with E-state index in [0.29, 0.717) is 63.4 Å². The van der Waals surface area contributed by atoms with Gasteiger partial charge in [0, 0.05) is 19.3 Å². The average molecular weight is 1330 g/mol. The third kappa shape index (κ3) is 34.5. The normalized spacial score (nSPS) is 26.9. The summed E-state index contributed by atoms with van der Waals surface area (Å²) in [6.45, 7) is 10.3. The molecule has 0 amide bonds. The van der Waals surface area contributed by atoms with Crippen LogP contribution in [-0.2, 0) is 9.47 Å². The molecule has 0 radical (unpaired) electrons. The number of allylic oxidation sites excluding steroid dienone is 11. The van der Waals surface area contributed by atoms with Gasteiger partial charge in [-0.25, -0.2) is 0 Å². The average Bonchev–Trinajstić information content (AvgIpc) is 0.828. The Bertz CT molecular complexity index is 2240. The first-order valence-corrected chi connectivity index (χ1v) is 33.3. The van der Waals surface area contributed by atoms with Crippen molar-refractivity contribution < 1.29 is 117 Å². The molecule has 23 heteroatoms. The molecule has 0 spiro atoms. The van der Waals surface area contributed by atoms with Crippen molar-refractivity contribution in [2.45, 2.75) is 302 Å². The summed E-state index contributed by atoms with van der Waals surface area (Å²) in [6.07, 6.45) is 1.59. The van der Waals surface area contributed by atoms with Crippen LogP contribution in [0.2, 0.25) is 0 Å². The molecule has 2 rings (SSSR count). The Morgan fingerprint density at radius 3 is 1.67 bits per heavy atom. The second kappa shape index (κ2) is 48.2. The molecule has 0 aromatic heterocycles. The summed E-state index contributed by atoms with van der Waals surface area (Å²) in [5.74, 6) is -0.676. The van der Waals surface area contributed by atoms with Crippen LogP contribution in [0, 0.1) is 5.92 Å². The molecule has 93 heavy (non-hydrogen) atoms.